The number of hydrogen-bond acceptors (Lipinski definition) is 6. The smallest absolute Gasteiger partial charge is 0.407 e. The van der Waals surface area contributed by atoms with Crippen LogP contribution in [0.1, 0.15) is 31.7 Å². The molecule has 4 heterocycles. The van der Waals surface area contributed by atoms with E-state index >= 15 is 0 Å². The van der Waals surface area contributed by atoms with E-state index in [-0.39, 0.29) is 17.8 Å². The van der Waals surface area contributed by atoms with Crippen LogP contribution in [0.4, 0.5) is 10.5 Å². The minimum atomic E-state index is -0.390. The Hall–Kier alpha value is -3.81. The van der Waals surface area contributed by atoms with Crippen molar-refractivity contribution in [2.24, 2.45) is 0 Å². The summed E-state index contributed by atoms with van der Waals surface area (Å²) in [5, 5.41) is 3.77. The van der Waals surface area contributed by atoms with Gasteiger partial charge in [-0.15, -0.1) is 0 Å². The van der Waals surface area contributed by atoms with Gasteiger partial charge in [0.2, 0.25) is 0 Å². The van der Waals surface area contributed by atoms with E-state index in [9.17, 15) is 9.59 Å². The molecule has 5 rings (SSSR count). The van der Waals surface area contributed by atoms with E-state index in [4.69, 9.17) is 9.15 Å². The van der Waals surface area contributed by atoms with Gasteiger partial charge in [-0.05, 0) is 58.4 Å². The first-order chi connectivity index (χ1) is 16.3. The average Bonchev–Trinajstić information content (AvgIpc) is 3.39. The third kappa shape index (κ3) is 4.23. The Morgan fingerprint density at radius 2 is 2.03 bits per heavy atom. The number of aryl methyl sites for hydroxylation is 2. The van der Waals surface area contributed by atoms with Crippen LogP contribution in [-0.2, 0) is 4.74 Å². The molecule has 1 fully saturated rings. The fourth-order valence-corrected chi connectivity index (χ4v) is 4.60. The van der Waals surface area contributed by atoms with E-state index in [1.165, 1.54) is 0 Å². The highest BCUT2D eigenvalue weighted by atomic mass is 16.6. The average molecular weight is 461 g/mol. The molecule has 1 amide bonds. The van der Waals surface area contributed by atoms with Crippen molar-refractivity contribution in [3.63, 3.8) is 0 Å². The summed E-state index contributed by atoms with van der Waals surface area (Å²) < 4.78 is 12.9. The molecule has 1 N–H and O–H groups in total. The molecule has 1 atom stereocenters. The van der Waals surface area contributed by atoms with E-state index in [1.807, 2.05) is 74.8 Å². The quantitative estimate of drug-likeness (QED) is 0.453. The number of nitrogens with zero attached hydrogens (tertiary/aromatic N) is 3. The van der Waals surface area contributed by atoms with Crippen LogP contribution in [0, 0.1) is 13.8 Å². The third-order valence-corrected chi connectivity index (χ3v) is 6.14. The summed E-state index contributed by atoms with van der Waals surface area (Å²) in [6.07, 6.45) is 4.16. The van der Waals surface area contributed by atoms with Crippen molar-refractivity contribution in [3.8, 4) is 11.1 Å². The lowest BCUT2D eigenvalue weighted by Crippen LogP contribution is -2.38. The Balaban J connectivity index is 1.40. The summed E-state index contributed by atoms with van der Waals surface area (Å²) in [5.41, 5.74) is 5.24. The fraction of sp³-hybridized carbons (Fsp3) is 0.346. The van der Waals surface area contributed by atoms with Crippen LogP contribution >= 0.6 is 0 Å². The molecule has 1 aliphatic rings. The van der Waals surface area contributed by atoms with Crippen molar-refractivity contribution in [3.05, 3.63) is 64.5 Å². The lowest BCUT2D eigenvalue weighted by Gasteiger charge is -2.19. The molecule has 0 spiro atoms. The molecule has 1 saturated heterocycles. The first-order valence-electron chi connectivity index (χ1n) is 11.5. The highest BCUT2D eigenvalue weighted by Gasteiger charge is 2.25. The number of nitrogens with one attached hydrogen (secondary N) is 1. The van der Waals surface area contributed by atoms with E-state index in [0.717, 1.165) is 46.5 Å². The fourth-order valence-electron chi connectivity index (χ4n) is 4.60. The monoisotopic (exact) mass is 460 g/mol. The maximum atomic E-state index is 12.9. The predicted octanol–water partition coefficient (Wildman–Crippen LogP) is 4.44. The molecule has 8 heteroatoms. The number of anilines is 1. The zero-order valence-electron chi connectivity index (χ0n) is 19.8. The Bertz CT molecular complexity index is 1450. The van der Waals surface area contributed by atoms with Crippen molar-refractivity contribution in [2.75, 3.05) is 18.0 Å². The summed E-state index contributed by atoms with van der Waals surface area (Å²) in [6.45, 7) is 9.03. The number of rotatable bonds is 4. The van der Waals surface area contributed by atoms with Crippen LogP contribution in [0.15, 0.2) is 51.9 Å². The summed E-state index contributed by atoms with van der Waals surface area (Å²) in [7, 11) is 0. The predicted molar refractivity (Wildman–Crippen MR) is 132 cm³/mol. The molecule has 0 aliphatic carbocycles. The number of ether oxygens (including phenoxy) is 1. The van der Waals surface area contributed by atoms with E-state index < -0.39 is 6.09 Å². The van der Waals surface area contributed by atoms with Crippen molar-refractivity contribution >= 4 is 28.3 Å². The second-order valence-electron chi connectivity index (χ2n) is 9.19. The van der Waals surface area contributed by atoms with E-state index in [1.54, 1.807) is 0 Å². The number of carbonyl (C=O) groups is 1. The SMILES string of the molecule is Cc1cn2cc(-c3cc4ccc(N5CCC(NC(=O)OC(C)C)C5)cc4oc3=O)cc2c(C)n1. The minimum absolute atomic E-state index is 0.0156. The zero-order chi connectivity index (χ0) is 24.0. The number of aromatic nitrogens is 2. The molecule has 176 valence electrons. The van der Waals surface area contributed by atoms with Crippen molar-refractivity contribution in [1.82, 2.24) is 14.7 Å². The lowest BCUT2D eigenvalue weighted by atomic mass is 10.1. The Labute approximate surface area is 197 Å². The largest absolute Gasteiger partial charge is 0.447 e. The van der Waals surface area contributed by atoms with E-state index in [0.29, 0.717) is 17.7 Å². The molecular formula is C26H28N4O4. The van der Waals surface area contributed by atoms with Crippen LogP contribution in [0.2, 0.25) is 0 Å². The highest BCUT2D eigenvalue weighted by Crippen LogP contribution is 2.28. The van der Waals surface area contributed by atoms with Crippen LogP contribution in [0.25, 0.3) is 27.6 Å². The maximum absolute atomic E-state index is 12.9. The number of alkyl carbamates (subject to hydrolysis) is 1. The number of carbonyl (C=O) groups excluding carboxylic acids is 1. The second kappa shape index (κ2) is 8.52. The first kappa shape index (κ1) is 22.0. The lowest BCUT2D eigenvalue weighted by molar-refractivity contribution is 0.113. The van der Waals surface area contributed by atoms with Gasteiger partial charge in [0.15, 0.2) is 0 Å². The van der Waals surface area contributed by atoms with Crippen molar-refractivity contribution in [1.29, 1.82) is 0 Å². The minimum Gasteiger partial charge on any atom is -0.447 e. The molecule has 34 heavy (non-hydrogen) atoms. The van der Waals surface area contributed by atoms with Gasteiger partial charge in [-0.2, -0.15) is 0 Å². The Morgan fingerprint density at radius 3 is 2.82 bits per heavy atom. The highest BCUT2D eigenvalue weighted by molar-refractivity contribution is 5.85. The van der Waals surface area contributed by atoms with Crippen LogP contribution in [-0.4, -0.2) is 40.7 Å². The van der Waals surface area contributed by atoms with Crippen molar-refractivity contribution in [2.45, 2.75) is 46.3 Å². The summed E-state index contributed by atoms with van der Waals surface area (Å²) in [6, 6.07) is 9.75. The summed E-state index contributed by atoms with van der Waals surface area (Å²) in [5.74, 6) is 0. The molecule has 4 aromatic rings. The van der Waals surface area contributed by atoms with Gasteiger partial charge < -0.3 is 23.8 Å². The van der Waals surface area contributed by atoms with E-state index in [2.05, 4.69) is 15.2 Å². The number of amides is 1. The Morgan fingerprint density at radius 1 is 1.21 bits per heavy atom. The van der Waals surface area contributed by atoms with Gasteiger partial charge >= 0.3 is 11.7 Å². The standard InChI is InChI=1S/C26H28N4O4/c1-15(2)33-26(32)28-20-7-8-29(14-20)21-6-5-18-9-22(25(31)34-24(18)11-21)19-10-23-17(4)27-16(3)12-30(23)13-19/h5-6,9-13,15,20H,7-8,14H2,1-4H3,(H,28,32). The van der Waals surface area contributed by atoms with Crippen LogP contribution in [0.5, 0.6) is 0 Å². The number of fused-ring (bicyclic) bond motifs is 2. The Kier molecular flexibility index (Phi) is 5.51. The van der Waals surface area contributed by atoms with Crippen molar-refractivity contribution < 1.29 is 13.9 Å². The van der Waals surface area contributed by atoms with Crippen LogP contribution in [0.3, 0.4) is 0 Å². The number of hydrogen-bond donors (Lipinski definition) is 1. The zero-order valence-corrected chi connectivity index (χ0v) is 19.8. The maximum Gasteiger partial charge on any atom is 0.407 e. The molecule has 0 radical (unpaired) electrons. The second-order valence-corrected chi connectivity index (χ2v) is 9.19. The third-order valence-electron chi connectivity index (χ3n) is 6.14. The number of benzene rings is 1. The van der Waals surface area contributed by atoms with Gasteiger partial charge in [-0.25, -0.2) is 9.59 Å². The summed E-state index contributed by atoms with van der Waals surface area (Å²) in [4.78, 5) is 31.5. The van der Waals surface area contributed by atoms with Gasteiger partial charge in [0.25, 0.3) is 0 Å². The molecule has 1 aromatic carbocycles. The van der Waals surface area contributed by atoms with Crippen LogP contribution < -0.4 is 15.8 Å². The van der Waals surface area contributed by atoms with Gasteiger partial charge in [0.05, 0.1) is 34.6 Å². The molecule has 1 unspecified atom stereocenters. The first-order valence-corrected chi connectivity index (χ1v) is 11.5. The molecule has 3 aromatic heterocycles. The van der Waals surface area contributed by atoms with Gasteiger partial charge in [-0.1, -0.05) is 0 Å². The molecule has 0 bridgehead atoms. The normalized spacial score (nSPS) is 16.0. The van der Waals surface area contributed by atoms with Gasteiger partial charge in [-0.3, -0.25) is 4.98 Å². The molecule has 1 aliphatic heterocycles. The van der Waals surface area contributed by atoms with Gasteiger partial charge in [0.1, 0.15) is 5.58 Å². The van der Waals surface area contributed by atoms with Gasteiger partial charge in [0, 0.05) is 48.2 Å². The molecular weight excluding hydrogens is 432 g/mol. The topological polar surface area (TPSA) is 89.1 Å². The summed E-state index contributed by atoms with van der Waals surface area (Å²) >= 11 is 0. The molecule has 0 saturated carbocycles. The molecule has 8 nitrogen and oxygen atoms in total.